The monoisotopic (exact) mass is 353 g/mol. The van der Waals surface area contributed by atoms with Gasteiger partial charge >= 0.3 is 0 Å². The van der Waals surface area contributed by atoms with Crippen LogP contribution in [0, 0.1) is 13.8 Å². The van der Waals surface area contributed by atoms with Crippen LogP contribution in [-0.2, 0) is 18.4 Å². The van der Waals surface area contributed by atoms with Gasteiger partial charge in [-0.25, -0.2) is 0 Å². The summed E-state index contributed by atoms with van der Waals surface area (Å²) in [5.41, 5.74) is 2.84. The van der Waals surface area contributed by atoms with E-state index in [9.17, 15) is 4.79 Å². The molecule has 0 N–H and O–H groups in total. The van der Waals surface area contributed by atoms with Crippen LogP contribution in [0.25, 0.3) is 0 Å². The number of aromatic nitrogens is 4. The standard InChI is InChI=1S/C14H20BrN5O/c1-9-13(15)10(2)20(17-9)11(3)14(21)18(4)8-12-6-7-16-19(12)5/h6-7,11H,8H2,1-5H3. The summed E-state index contributed by atoms with van der Waals surface area (Å²) in [5, 5.41) is 8.55. The van der Waals surface area contributed by atoms with Crippen molar-refractivity contribution < 1.29 is 4.79 Å². The van der Waals surface area contributed by atoms with Gasteiger partial charge < -0.3 is 4.90 Å². The number of rotatable bonds is 4. The topological polar surface area (TPSA) is 56.0 Å². The van der Waals surface area contributed by atoms with Crippen molar-refractivity contribution in [2.45, 2.75) is 33.4 Å². The molecule has 1 atom stereocenters. The molecule has 0 aliphatic heterocycles. The summed E-state index contributed by atoms with van der Waals surface area (Å²) in [7, 11) is 3.67. The van der Waals surface area contributed by atoms with E-state index in [1.54, 1.807) is 27.5 Å². The summed E-state index contributed by atoms with van der Waals surface area (Å²) in [6, 6.07) is 1.57. The first kappa shape index (κ1) is 15.8. The number of halogens is 1. The molecule has 0 aromatic carbocycles. The second-order valence-electron chi connectivity index (χ2n) is 5.25. The molecule has 2 rings (SSSR count). The number of nitrogens with zero attached hydrogens (tertiary/aromatic N) is 5. The minimum absolute atomic E-state index is 0.0225. The maximum atomic E-state index is 12.6. The molecule has 0 aliphatic rings. The van der Waals surface area contributed by atoms with Crippen LogP contribution in [0.4, 0.5) is 0 Å². The predicted molar refractivity (Wildman–Crippen MR) is 83.8 cm³/mol. The largest absolute Gasteiger partial charge is 0.338 e. The average molecular weight is 354 g/mol. The van der Waals surface area contributed by atoms with Crippen LogP contribution in [0.3, 0.4) is 0 Å². The highest BCUT2D eigenvalue weighted by molar-refractivity contribution is 9.10. The van der Waals surface area contributed by atoms with E-state index in [0.717, 1.165) is 21.6 Å². The summed E-state index contributed by atoms with van der Waals surface area (Å²) < 4.78 is 4.49. The van der Waals surface area contributed by atoms with Gasteiger partial charge in [0.25, 0.3) is 0 Å². The van der Waals surface area contributed by atoms with E-state index in [0.29, 0.717) is 6.54 Å². The lowest BCUT2D eigenvalue weighted by Crippen LogP contribution is -2.34. The quantitative estimate of drug-likeness (QED) is 0.846. The van der Waals surface area contributed by atoms with Crippen molar-refractivity contribution in [3.63, 3.8) is 0 Å². The Morgan fingerprint density at radius 2 is 2.14 bits per heavy atom. The number of hydrogen-bond acceptors (Lipinski definition) is 3. The lowest BCUT2D eigenvalue weighted by atomic mass is 10.2. The van der Waals surface area contributed by atoms with Crippen molar-refractivity contribution in [2.75, 3.05) is 7.05 Å². The summed E-state index contributed by atoms with van der Waals surface area (Å²) in [4.78, 5) is 14.3. The fourth-order valence-electron chi connectivity index (χ4n) is 2.32. The number of hydrogen-bond donors (Lipinski definition) is 0. The smallest absolute Gasteiger partial charge is 0.247 e. The molecule has 0 bridgehead atoms. The fraction of sp³-hybridized carbons (Fsp3) is 0.500. The second-order valence-corrected chi connectivity index (χ2v) is 6.04. The number of carbonyl (C=O) groups is 1. The highest BCUT2D eigenvalue weighted by Gasteiger charge is 2.23. The molecule has 6 nitrogen and oxygen atoms in total. The zero-order valence-electron chi connectivity index (χ0n) is 13.0. The van der Waals surface area contributed by atoms with Crippen LogP contribution in [0.15, 0.2) is 16.7 Å². The van der Waals surface area contributed by atoms with Gasteiger partial charge in [-0.05, 0) is 42.8 Å². The van der Waals surface area contributed by atoms with E-state index < -0.39 is 0 Å². The highest BCUT2D eigenvalue weighted by atomic mass is 79.9. The second kappa shape index (κ2) is 6.01. The number of amides is 1. The Labute approximate surface area is 132 Å². The van der Waals surface area contributed by atoms with E-state index in [1.807, 2.05) is 33.9 Å². The first-order valence-electron chi connectivity index (χ1n) is 6.76. The van der Waals surface area contributed by atoms with Crippen molar-refractivity contribution >= 4 is 21.8 Å². The van der Waals surface area contributed by atoms with Gasteiger partial charge in [0.2, 0.25) is 5.91 Å². The zero-order chi connectivity index (χ0) is 15.7. The maximum absolute atomic E-state index is 12.6. The molecule has 0 spiro atoms. The molecule has 0 radical (unpaired) electrons. The zero-order valence-corrected chi connectivity index (χ0v) is 14.5. The Kier molecular flexibility index (Phi) is 4.51. The van der Waals surface area contributed by atoms with Gasteiger partial charge in [-0.3, -0.25) is 14.2 Å². The number of likely N-dealkylation sites (N-methyl/N-ethyl adjacent to an activating group) is 1. The van der Waals surface area contributed by atoms with Crippen molar-refractivity contribution in [3.8, 4) is 0 Å². The van der Waals surface area contributed by atoms with E-state index in [2.05, 4.69) is 26.1 Å². The molecule has 0 saturated heterocycles. The Balaban J connectivity index is 2.15. The summed E-state index contributed by atoms with van der Waals surface area (Å²) in [6.07, 6.45) is 1.73. The SMILES string of the molecule is Cc1nn(C(C)C(=O)N(C)Cc2ccnn2C)c(C)c1Br. The molecule has 114 valence electrons. The van der Waals surface area contributed by atoms with Crippen molar-refractivity contribution in [3.05, 3.63) is 33.8 Å². The van der Waals surface area contributed by atoms with Gasteiger partial charge in [0, 0.05) is 20.3 Å². The summed E-state index contributed by atoms with van der Waals surface area (Å²) in [5.74, 6) is 0.0225. The van der Waals surface area contributed by atoms with E-state index in [-0.39, 0.29) is 11.9 Å². The third-order valence-electron chi connectivity index (χ3n) is 3.66. The van der Waals surface area contributed by atoms with E-state index in [1.165, 1.54) is 0 Å². The molecule has 2 heterocycles. The average Bonchev–Trinajstić information content (AvgIpc) is 2.96. The van der Waals surface area contributed by atoms with Crippen LogP contribution in [-0.4, -0.2) is 37.4 Å². The first-order chi connectivity index (χ1) is 9.82. The van der Waals surface area contributed by atoms with Crippen molar-refractivity contribution in [1.82, 2.24) is 24.5 Å². The molecule has 1 amide bonds. The van der Waals surface area contributed by atoms with Crippen LogP contribution < -0.4 is 0 Å². The summed E-state index contributed by atoms with van der Waals surface area (Å²) in [6.45, 7) is 6.27. The van der Waals surface area contributed by atoms with E-state index >= 15 is 0 Å². The summed E-state index contributed by atoms with van der Waals surface area (Å²) >= 11 is 3.49. The number of carbonyl (C=O) groups excluding carboxylic acids is 1. The van der Waals surface area contributed by atoms with Gasteiger partial charge in [-0.1, -0.05) is 0 Å². The Morgan fingerprint density at radius 3 is 2.62 bits per heavy atom. The van der Waals surface area contributed by atoms with Gasteiger partial charge in [0.1, 0.15) is 6.04 Å². The lowest BCUT2D eigenvalue weighted by molar-refractivity contribution is -0.133. The Morgan fingerprint density at radius 1 is 1.48 bits per heavy atom. The number of aryl methyl sites for hydroxylation is 2. The molecule has 0 aliphatic carbocycles. The third-order valence-corrected chi connectivity index (χ3v) is 4.81. The maximum Gasteiger partial charge on any atom is 0.247 e. The molecule has 1 unspecified atom stereocenters. The van der Waals surface area contributed by atoms with Crippen molar-refractivity contribution in [2.24, 2.45) is 7.05 Å². The van der Waals surface area contributed by atoms with Crippen LogP contribution in [0.5, 0.6) is 0 Å². The van der Waals surface area contributed by atoms with Gasteiger partial charge in [-0.15, -0.1) is 0 Å². The molecule has 7 heteroatoms. The van der Waals surface area contributed by atoms with Gasteiger partial charge in [0.15, 0.2) is 0 Å². The molecular formula is C14H20BrN5O. The first-order valence-corrected chi connectivity index (χ1v) is 7.55. The molecule has 0 fully saturated rings. The van der Waals surface area contributed by atoms with Crippen LogP contribution in [0.1, 0.15) is 30.0 Å². The molecule has 21 heavy (non-hydrogen) atoms. The van der Waals surface area contributed by atoms with Gasteiger partial charge in [0.05, 0.1) is 28.1 Å². The highest BCUT2D eigenvalue weighted by Crippen LogP contribution is 2.23. The van der Waals surface area contributed by atoms with E-state index in [4.69, 9.17) is 0 Å². The Hall–Kier alpha value is -1.63. The molecule has 2 aromatic heterocycles. The lowest BCUT2D eigenvalue weighted by Gasteiger charge is -2.22. The molecular weight excluding hydrogens is 334 g/mol. The van der Waals surface area contributed by atoms with Gasteiger partial charge in [-0.2, -0.15) is 10.2 Å². The fourth-order valence-corrected chi connectivity index (χ4v) is 2.58. The Bertz CT molecular complexity index is 660. The minimum Gasteiger partial charge on any atom is -0.338 e. The predicted octanol–water partition coefficient (Wildman–Crippen LogP) is 2.22. The van der Waals surface area contributed by atoms with Crippen LogP contribution >= 0.6 is 15.9 Å². The molecule has 0 saturated carbocycles. The third kappa shape index (κ3) is 3.02. The van der Waals surface area contributed by atoms with Crippen molar-refractivity contribution in [1.29, 1.82) is 0 Å². The minimum atomic E-state index is -0.340. The molecule has 2 aromatic rings. The normalized spacial score (nSPS) is 12.5. The van der Waals surface area contributed by atoms with Crippen LogP contribution in [0.2, 0.25) is 0 Å².